The zero-order valence-corrected chi connectivity index (χ0v) is 12.8. The molecule has 1 saturated heterocycles. The van der Waals surface area contributed by atoms with Gasteiger partial charge in [-0.3, -0.25) is 9.58 Å². The standard InChI is InChI=1S/C15H28N4O/c1-13(2)16-8-14-4-3-5-18(10-14)11-15-9-17-19(12-15)6-7-20/h9,12-14,16,20H,3-8,10-11H2,1-2H3. The van der Waals surface area contributed by atoms with Crippen LogP contribution >= 0.6 is 0 Å². The summed E-state index contributed by atoms with van der Waals surface area (Å²) in [6, 6.07) is 0.571. The van der Waals surface area contributed by atoms with Crippen LogP contribution in [0, 0.1) is 5.92 Å². The van der Waals surface area contributed by atoms with Crippen LogP contribution in [0.3, 0.4) is 0 Å². The lowest BCUT2D eigenvalue weighted by atomic mass is 9.97. The molecule has 1 unspecified atom stereocenters. The Hall–Kier alpha value is -0.910. The lowest BCUT2D eigenvalue weighted by molar-refractivity contribution is 0.164. The maximum atomic E-state index is 8.91. The van der Waals surface area contributed by atoms with Crippen molar-refractivity contribution in [1.29, 1.82) is 0 Å². The molecule has 1 aromatic rings. The van der Waals surface area contributed by atoms with Crippen molar-refractivity contribution < 1.29 is 5.11 Å². The Morgan fingerprint density at radius 2 is 2.35 bits per heavy atom. The number of aliphatic hydroxyl groups is 1. The molecule has 20 heavy (non-hydrogen) atoms. The van der Waals surface area contributed by atoms with Crippen molar-refractivity contribution in [1.82, 2.24) is 20.0 Å². The molecule has 0 radical (unpaired) electrons. The van der Waals surface area contributed by atoms with Gasteiger partial charge >= 0.3 is 0 Å². The molecule has 2 rings (SSSR count). The van der Waals surface area contributed by atoms with E-state index in [2.05, 4.69) is 29.2 Å². The van der Waals surface area contributed by atoms with E-state index in [1.165, 1.54) is 31.5 Å². The molecule has 0 spiro atoms. The second-order valence-electron chi connectivity index (χ2n) is 6.14. The third-order valence-corrected chi connectivity index (χ3v) is 3.84. The Kier molecular flexibility index (Phi) is 6.01. The van der Waals surface area contributed by atoms with Crippen molar-refractivity contribution in [2.75, 3.05) is 26.2 Å². The predicted molar refractivity (Wildman–Crippen MR) is 80.5 cm³/mol. The molecule has 114 valence electrons. The van der Waals surface area contributed by atoms with E-state index in [0.717, 1.165) is 19.0 Å². The van der Waals surface area contributed by atoms with E-state index in [9.17, 15) is 0 Å². The summed E-state index contributed by atoms with van der Waals surface area (Å²) in [4.78, 5) is 2.52. The monoisotopic (exact) mass is 280 g/mol. The van der Waals surface area contributed by atoms with Crippen LogP contribution in [0.4, 0.5) is 0 Å². The van der Waals surface area contributed by atoms with E-state index < -0.39 is 0 Å². The molecule has 1 aromatic heterocycles. The van der Waals surface area contributed by atoms with E-state index in [0.29, 0.717) is 12.6 Å². The quantitative estimate of drug-likeness (QED) is 0.785. The third kappa shape index (κ3) is 4.89. The van der Waals surface area contributed by atoms with Gasteiger partial charge in [-0.1, -0.05) is 13.8 Å². The van der Waals surface area contributed by atoms with Gasteiger partial charge in [-0.2, -0.15) is 5.10 Å². The molecular weight excluding hydrogens is 252 g/mol. The van der Waals surface area contributed by atoms with Gasteiger partial charge in [0.1, 0.15) is 0 Å². The van der Waals surface area contributed by atoms with E-state index in [-0.39, 0.29) is 6.61 Å². The minimum atomic E-state index is 0.147. The Bertz CT molecular complexity index is 391. The topological polar surface area (TPSA) is 53.3 Å². The summed E-state index contributed by atoms with van der Waals surface area (Å²) in [6.45, 7) is 9.59. The summed E-state index contributed by atoms with van der Waals surface area (Å²) in [7, 11) is 0. The van der Waals surface area contributed by atoms with Gasteiger partial charge in [-0.25, -0.2) is 0 Å². The van der Waals surface area contributed by atoms with Crippen molar-refractivity contribution in [2.45, 2.75) is 45.8 Å². The van der Waals surface area contributed by atoms with Crippen LogP contribution in [0.1, 0.15) is 32.3 Å². The molecule has 0 aliphatic carbocycles. The second-order valence-corrected chi connectivity index (χ2v) is 6.14. The van der Waals surface area contributed by atoms with Gasteiger partial charge < -0.3 is 10.4 Å². The average molecular weight is 280 g/mol. The number of piperidine rings is 1. The summed E-state index contributed by atoms with van der Waals surface area (Å²) in [5, 5.41) is 16.7. The lowest BCUT2D eigenvalue weighted by Crippen LogP contribution is -2.40. The van der Waals surface area contributed by atoms with Crippen LogP contribution in [0.25, 0.3) is 0 Å². The van der Waals surface area contributed by atoms with Gasteiger partial charge in [0, 0.05) is 30.9 Å². The first-order valence-corrected chi connectivity index (χ1v) is 7.75. The van der Waals surface area contributed by atoms with Crippen LogP contribution < -0.4 is 5.32 Å². The fraction of sp³-hybridized carbons (Fsp3) is 0.800. The SMILES string of the molecule is CC(C)NCC1CCCN(Cc2cnn(CCO)c2)C1. The highest BCUT2D eigenvalue weighted by Gasteiger charge is 2.20. The molecule has 0 bridgehead atoms. The fourth-order valence-corrected chi connectivity index (χ4v) is 2.83. The molecule has 5 nitrogen and oxygen atoms in total. The van der Waals surface area contributed by atoms with E-state index in [1.807, 2.05) is 17.1 Å². The summed E-state index contributed by atoms with van der Waals surface area (Å²) in [5.41, 5.74) is 1.25. The molecule has 5 heteroatoms. The number of nitrogens with one attached hydrogen (secondary N) is 1. The van der Waals surface area contributed by atoms with Crippen LogP contribution in [0.15, 0.2) is 12.4 Å². The summed E-state index contributed by atoms with van der Waals surface area (Å²) < 4.78 is 1.82. The molecule has 1 aliphatic heterocycles. The molecule has 0 aromatic carbocycles. The zero-order valence-electron chi connectivity index (χ0n) is 12.8. The first kappa shape index (κ1) is 15.5. The van der Waals surface area contributed by atoms with Crippen molar-refractivity contribution >= 4 is 0 Å². The first-order valence-electron chi connectivity index (χ1n) is 7.75. The minimum absolute atomic E-state index is 0.147. The maximum absolute atomic E-state index is 8.91. The Morgan fingerprint density at radius 1 is 1.50 bits per heavy atom. The fourth-order valence-electron chi connectivity index (χ4n) is 2.83. The highest BCUT2D eigenvalue weighted by molar-refractivity contribution is 5.04. The summed E-state index contributed by atoms with van der Waals surface area (Å²) >= 11 is 0. The molecule has 2 heterocycles. The first-order chi connectivity index (χ1) is 9.67. The van der Waals surface area contributed by atoms with Crippen molar-refractivity contribution in [2.24, 2.45) is 5.92 Å². The number of nitrogens with zero attached hydrogens (tertiary/aromatic N) is 3. The summed E-state index contributed by atoms with van der Waals surface area (Å²) in [5.74, 6) is 0.763. The molecule has 2 N–H and O–H groups in total. The second kappa shape index (κ2) is 7.76. The smallest absolute Gasteiger partial charge is 0.0640 e. The van der Waals surface area contributed by atoms with Gasteiger partial charge in [-0.15, -0.1) is 0 Å². The van der Waals surface area contributed by atoms with Gasteiger partial charge in [0.15, 0.2) is 0 Å². The van der Waals surface area contributed by atoms with Crippen molar-refractivity contribution in [3.8, 4) is 0 Å². The van der Waals surface area contributed by atoms with Gasteiger partial charge in [0.25, 0.3) is 0 Å². The van der Waals surface area contributed by atoms with Crippen molar-refractivity contribution in [3.63, 3.8) is 0 Å². The van der Waals surface area contributed by atoms with Crippen LogP contribution in [0.5, 0.6) is 0 Å². The lowest BCUT2D eigenvalue weighted by Gasteiger charge is -2.33. The number of aromatic nitrogens is 2. The highest BCUT2D eigenvalue weighted by Crippen LogP contribution is 2.18. The van der Waals surface area contributed by atoms with E-state index in [1.54, 1.807) is 0 Å². The molecule has 1 fully saturated rings. The largest absolute Gasteiger partial charge is 0.394 e. The van der Waals surface area contributed by atoms with Gasteiger partial charge in [0.05, 0.1) is 19.3 Å². The Labute approximate surface area is 122 Å². The molecule has 0 saturated carbocycles. The van der Waals surface area contributed by atoms with Gasteiger partial charge in [0.2, 0.25) is 0 Å². The molecule has 0 amide bonds. The zero-order chi connectivity index (χ0) is 14.4. The average Bonchev–Trinajstić information content (AvgIpc) is 2.85. The number of aliphatic hydroxyl groups excluding tert-OH is 1. The minimum Gasteiger partial charge on any atom is -0.394 e. The van der Waals surface area contributed by atoms with E-state index in [4.69, 9.17) is 5.11 Å². The Balaban J connectivity index is 1.79. The normalized spacial score (nSPS) is 20.7. The van der Waals surface area contributed by atoms with E-state index >= 15 is 0 Å². The van der Waals surface area contributed by atoms with Crippen molar-refractivity contribution in [3.05, 3.63) is 18.0 Å². The van der Waals surface area contributed by atoms with Crippen LogP contribution in [-0.4, -0.2) is 52.1 Å². The highest BCUT2D eigenvalue weighted by atomic mass is 16.3. The Morgan fingerprint density at radius 3 is 3.10 bits per heavy atom. The number of hydrogen-bond donors (Lipinski definition) is 2. The van der Waals surface area contributed by atoms with Crippen LogP contribution in [-0.2, 0) is 13.1 Å². The van der Waals surface area contributed by atoms with Gasteiger partial charge in [-0.05, 0) is 31.8 Å². The number of rotatable bonds is 7. The third-order valence-electron chi connectivity index (χ3n) is 3.84. The molecule has 1 aliphatic rings. The number of hydrogen-bond acceptors (Lipinski definition) is 4. The number of likely N-dealkylation sites (tertiary alicyclic amines) is 1. The van der Waals surface area contributed by atoms with Crippen LogP contribution in [0.2, 0.25) is 0 Å². The predicted octanol–water partition coefficient (Wildman–Crippen LogP) is 1.09. The summed E-state index contributed by atoms with van der Waals surface area (Å²) in [6.07, 6.45) is 6.59. The maximum Gasteiger partial charge on any atom is 0.0640 e. The molecule has 1 atom stereocenters. The molecular formula is C15H28N4O.